The number of carboxylic acids is 1. The number of quaternary nitrogens is 1. The highest BCUT2D eigenvalue weighted by molar-refractivity contribution is 5.75. The van der Waals surface area contributed by atoms with Crippen molar-refractivity contribution in [3.63, 3.8) is 0 Å². The molecule has 4 heteroatoms. The lowest BCUT2D eigenvalue weighted by Gasteiger charge is -2.23. The van der Waals surface area contributed by atoms with E-state index in [1.54, 1.807) is 7.05 Å². The molecule has 1 atom stereocenters. The molecule has 1 aliphatic heterocycles. The lowest BCUT2D eigenvalue weighted by atomic mass is 10.4. The summed E-state index contributed by atoms with van der Waals surface area (Å²) in [5.74, 6) is -0.852. The molecule has 4 nitrogen and oxygen atoms in total. The van der Waals surface area contributed by atoms with Gasteiger partial charge in [-0.2, -0.15) is 0 Å². The van der Waals surface area contributed by atoms with E-state index >= 15 is 0 Å². The molecule has 1 unspecified atom stereocenters. The van der Waals surface area contributed by atoms with Gasteiger partial charge in [-0.1, -0.05) is 0 Å². The number of amides is 1. The number of hydrogen-bond acceptors (Lipinski definition) is 2. The van der Waals surface area contributed by atoms with Crippen LogP contribution in [-0.2, 0) is 9.59 Å². The second-order valence-corrected chi connectivity index (χ2v) is 3.17. The van der Waals surface area contributed by atoms with Crippen LogP contribution in [0, 0.1) is 0 Å². The summed E-state index contributed by atoms with van der Waals surface area (Å²) in [6.45, 7) is 0.601. The maximum Gasteiger partial charge on any atom is 0.359 e. The van der Waals surface area contributed by atoms with Crippen molar-refractivity contribution in [3.8, 4) is 0 Å². The zero-order valence-electron chi connectivity index (χ0n) is 6.54. The van der Waals surface area contributed by atoms with Crippen LogP contribution in [-0.4, -0.2) is 41.6 Å². The number of carboxylic acid groups (broad SMARTS) is 1. The lowest BCUT2D eigenvalue weighted by Crippen LogP contribution is -2.48. The Morgan fingerprint density at radius 1 is 1.73 bits per heavy atom. The second-order valence-electron chi connectivity index (χ2n) is 3.17. The third kappa shape index (κ3) is 1.57. The Kier molecular flexibility index (Phi) is 1.95. The molecule has 0 bridgehead atoms. The zero-order chi connectivity index (χ0) is 8.48. The molecule has 0 aromatic rings. The fourth-order valence-electron chi connectivity index (χ4n) is 1.44. The van der Waals surface area contributed by atoms with Gasteiger partial charge in [-0.05, 0) is 0 Å². The van der Waals surface area contributed by atoms with E-state index in [-0.39, 0.29) is 16.9 Å². The third-order valence-corrected chi connectivity index (χ3v) is 2.13. The number of carbonyl (C=O) groups is 2. The number of aliphatic carboxylic acids is 1. The van der Waals surface area contributed by atoms with Crippen LogP contribution >= 0.6 is 0 Å². The van der Waals surface area contributed by atoms with Crippen LogP contribution in [0.4, 0.5) is 0 Å². The average molecular weight is 158 g/mol. The second kappa shape index (κ2) is 2.62. The van der Waals surface area contributed by atoms with Crippen molar-refractivity contribution in [2.24, 2.45) is 0 Å². The number of likely N-dealkylation sites (N-methyl/N-ethyl adjacent to an activating group) is 1. The first-order chi connectivity index (χ1) is 5.04. The summed E-state index contributed by atoms with van der Waals surface area (Å²) in [6, 6.07) is 0. The Morgan fingerprint density at radius 3 is 2.73 bits per heavy atom. The van der Waals surface area contributed by atoms with E-state index in [9.17, 15) is 9.59 Å². The molecule has 1 fully saturated rings. The van der Waals surface area contributed by atoms with E-state index < -0.39 is 5.97 Å². The summed E-state index contributed by atoms with van der Waals surface area (Å²) >= 11 is 0. The molecule has 0 radical (unpaired) electrons. The quantitative estimate of drug-likeness (QED) is 0.568. The summed E-state index contributed by atoms with van der Waals surface area (Å²) in [4.78, 5) is 21.5. The Labute approximate surface area is 65.0 Å². The molecule has 1 amide bonds. The first kappa shape index (κ1) is 8.20. The SMILES string of the molecule is C[N+]1(CC(=O)O)CCCC1=O. The van der Waals surface area contributed by atoms with Crippen LogP contribution in [0.25, 0.3) is 0 Å². The van der Waals surface area contributed by atoms with Crippen molar-refractivity contribution in [1.29, 1.82) is 0 Å². The van der Waals surface area contributed by atoms with Crippen molar-refractivity contribution >= 4 is 11.9 Å². The van der Waals surface area contributed by atoms with Crippen molar-refractivity contribution in [2.75, 3.05) is 20.1 Å². The Morgan fingerprint density at radius 2 is 2.36 bits per heavy atom. The Balaban J connectivity index is 2.65. The van der Waals surface area contributed by atoms with Crippen LogP contribution in [0.5, 0.6) is 0 Å². The lowest BCUT2D eigenvalue weighted by molar-refractivity contribution is -0.818. The fourth-order valence-corrected chi connectivity index (χ4v) is 1.44. The normalized spacial score (nSPS) is 30.8. The van der Waals surface area contributed by atoms with Crippen molar-refractivity contribution < 1.29 is 19.2 Å². The molecule has 11 heavy (non-hydrogen) atoms. The smallest absolute Gasteiger partial charge is 0.359 e. The molecule has 1 N–H and O–H groups in total. The largest absolute Gasteiger partial charge is 0.477 e. The summed E-state index contributed by atoms with van der Waals surface area (Å²) in [7, 11) is 1.68. The molecule has 1 heterocycles. The molecule has 0 aromatic carbocycles. The van der Waals surface area contributed by atoms with Gasteiger partial charge in [-0.3, -0.25) is 4.48 Å². The highest BCUT2D eigenvalue weighted by Gasteiger charge is 2.38. The van der Waals surface area contributed by atoms with Crippen molar-refractivity contribution in [1.82, 2.24) is 0 Å². The molecule has 62 valence electrons. The molecule has 0 aliphatic carbocycles. The number of hydrogen-bond donors (Lipinski definition) is 1. The zero-order valence-corrected chi connectivity index (χ0v) is 6.54. The summed E-state index contributed by atoms with van der Waals surface area (Å²) in [5, 5.41) is 8.49. The monoisotopic (exact) mass is 158 g/mol. The van der Waals surface area contributed by atoms with Crippen LogP contribution in [0.1, 0.15) is 12.8 Å². The number of carbonyl (C=O) groups excluding carboxylic acids is 1. The van der Waals surface area contributed by atoms with Crippen LogP contribution < -0.4 is 0 Å². The van der Waals surface area contributed by atoms with Gasteiger partial charge in [-0.25, -0.2) is 9.59 Å². The van der Waals surface area contributed by atoms with Crippen LogP contribution in [0.3, 0.4) is 0 Å². The highest BCUT2D eigenvalue weighted by Crippen LogP contribution is 2.17. The summed E-state index contributed by atoms with van der Waals surface area (Å²) in [6.07, 6.45) is 1.35. The highest BCUT2D eigenvalue weighted by atomic mass is 16.4. The van der Waals surface area contributed by atoms with Gasteiger partial charge in [0.1, 0.15) is 0 Å². The standard InChI is InChI=1S/C7H11NO3/c1-8(5-7(10)11)4-2-3-6(8)9/h2-5H2,1H3/p+1. The van der Waals surface area contributed by atoms with E-state index in [0.29, 0.717) is 13.0 Å². The Hall–Kier alpha value is -0.900. The van der Waals surface area contributed by atoms with Crippen molar-refractivity contribution in [2.45, 2.75) is 12.8 Å². The summed E-state index contributed by atoms with van der Waals surface area (Å²) < 4.78 is 0.0787. The van der Waals surface area contributed by atoms with Gasteiger partial charge in [0.2, 0.25) is 0 Å². The van der Waals surface area contributed by atoms with Gasteiger partial charge in [0, 0.05) is 6.42 Å². The molecule has 1 aliphatic rings. The molecule has 0 saturated carbocycles. The molecular formula is C7H12NO3+. The van der Waals surface area contributed by atoms with E-state index in [1.807, 2.05) is 0 Å². The van der Waals surface area contributed by atoms with Gasteiger partial charge in [0.15, 0.2) is 6.54 Å². The first-order valence-corrected chi connectivity index (χ1v) is 3.64. The van der Waals surface area contributed by atoms with E-state index in [2.05, 4.69) is 0 Å². The van der Waals surface area contributed by atoms with Crippen LogP contribution in [0.15, 0.2) is 0 Å². The number of nitrogens with zero attached hydrogens (tertiary/aromatic N) is 1. The minimum Gasteiger partial charge on any atom is -0.477 e. The summed E-state index contributed by atoms with van der Waals surface area (Å²) in [5.41, 5.74) is 0. The minimum absolute atomic E-state index is 0.0485. The number of rotatable bonds is 2. The molecule has 0 aromatic heterocycles. The number of likely N-dealkylation sites (tertiary alicyclic amines) is 1. The van der Waals surface area contributed by atoms with Gasteiger partial charge < -0.3 is 5.11 Å². The molecule has 0 spiro atoms. The topological polar surface area (TPSA) is 54.4 Å². The van der Waals surface area contributed by atoms with Gasteiger partial charge >= 0.3 is 11.9 Å². The molecular weight excluding hydrogens is 146 g/mol. The predicted octanol–water partition coefficient (Wildman–Crippen LogP) is -0.162. The fraction of sp³-hybridized carbons (Fsp3) is 0.714. The first-order valence-electron chi connectivity index (χ1n) is 3.64. The minimum atomic E-state index is -0.900. The van der Waals surface area contributed by atoms with E-state index in [4.69, 9.17) is 5.11 Å². The van der Waals surface area contributed by atoms with E-state index in [1.165, 1.54) is 0 Å². The van der Waals surface area contributed by atoms with Gasteiger partial charge in [0.25, 0.3) is 0 Å². The van der Waals surface area contributed by atoms with E-state index in [0.717, 1.165) is 6.42 Å². The predicted molar refractivity (Wildman–Crippen MR) is 37.8 cm³/mol. The van der Waals surface area contributed by atoms with Gasteiger partial charge in [-0.15, -0.1) is 0 Å². The van der Waals surface area contributed by atoms with Crippen LogP contribution in [0.2, 0.25) is 0 Å². The van der Waals surface area contributed by atoms with Gasteiger partial charge in [0.05, 0.1) is 20.0 Å². The molecule has 1 rings (SSSR count). The van der Waals surface area contributed by atoms with Crippen molar-refractivity contribution in [3.05, 3.63) is 0 Å². The third-order valence-electron chi connectivity index (χ3n) is 2.13. The maximum absolute atomic E-state index is 11.1. The average Bonchev–Trinajstić information content (AvgIpc) is 2.11. The Bertz CT molecular complexity index is 202. The molecule has 1 saturated heterocycles. The maximum atomic E-state index is 11.1.